The molecule has 1 aromatic rings. The van der Waals surface area contributed by atoms with E-state index >= 15 is 0 Å². The molecule has 100 valence electrons. The quantitative estimate of drug-likeness (QED) is 0.800. The number of amides is 1. The number of aliphatic carboxylic acids is 1. The molecule has 0 aromatic carbocycles. The monoisotopic (exact) mass is 254 g/mol. The first kappa shape index (κ1) is 14.2. The zero-order valence-corrected chi connectivity index (χ0v) is 10.8. The molecule has 0 aliphatic rings. The van der Waals surface area contributed by atoms with Gasteiger partial charge in [0.1, 0.15) is 11.3 Å². The van der Waals surface area contributed by atoms with Crippen molar-refractivity contribution in [1.82, 2.24) is 10.5 Å². The van der Waals surface area contributed by atoms with Gasteiger partial charge in [-0.15, -0.1) is 0 Å². The molecule has 0 saturated carbocycles. The van der Waals surface area contributed by atoms with Crippen molar-refractivity contribution < 1.29 is 19.2 Å². The SMILES string of the molecule is CCc1noc(C)c1C(=O)NCC(CC)C(=O)O. The average molecular weight is 254 g/mol. The summed E-state index contributed by atoms with van der Waals surface area (Å²) >= 11 is 0. The lowest BCUT2D eigenvalue weighted by Crippen LogP contribution is -2.33. The Balaban J connectivity index is 2.71. The number of carboxylic acids is 1. The molecule has 1 rings (SSSR count). The molecule has 0 saturated heterocycles. The number of carboxylic acid groups (broad SMARTS) is 1. The summed E-state index contributed by atoms with van der Waals surface area (Å²) in [5, 5.41) is 15.3. The largest absolute Gasteiger partial charge is 0.481 e. The minimum Gasteiger partial charge on any atom is -0.481 e. The highest BCUT2D eigenvalue weighted by Crippen LogP contribution is 2.14. The summed E-state index contributed by atoms with van der Waals surface area (Å²) < 4.78 is 4.96. The molecule has 1 unspecified atom stereocenters. The van der Waals surface area contributed by atoms with Gasteiger partial charge in [0.25, 0.3) is 5.91 Å². The van der Waals surface area contributed by atoms with Crippen LogP contribution in [0.2, 0.25) is 0 Å². The van der Waals surface area contributed by atoms with Crippen molar-refractivity contribution in [3.63, 3.8) is 0 Å². The van der Waals surface area contributed by atoms with Crippen LogP contribution < -0.4 is 5.32 Å². The van der Waals surface area contributed by atoms with E-state index in [1.807, 2.05) is 6.92 Å². The van der Waals surface area contributed by atoms with Gasteiger partial charge in [0.15, 0.2) is 0 Å². The molecule has 2 N–H and O–H groups in total. The van der Waals surface area contributed by atoms with E-state index < -0.39 is 11.9 Å². The van der Waals surface area contributed by atoms with Crippen LogP contribution in [0.4, 0.5) is 0 Å². The highest BCUT2D eigenvalue weighted by molar-refractivity contribution is 5.96. The second-order valence-corrected chi connectivity index (χ2v) is 4.07. The van der Waals surface area contributed by atoms with Crippen LogP contribution in [0, 0.1) is 12.8 Å². The summed E-state index contributed by atoms with van der Waals surface area (Å²) in [6, 6.07) is 0. The maximum Gasteiger partial charge on any atom is 0.308 e. The Hall–Kier alpha value is -1.85. The Morgan fingerprint density at radius 2 is 2.11 bits per heavy atom. The Kier molecular flexibility index (Phi) is 4.88. The third-order valence-electron chi connectivity index (χ3n) is 2.85. The predicted octanol–water partition coefficient (Wildman–Crippen LogP) is 1.39. The number of nitrogens with one attached hydrogen (secondary N) is 1. The zero-order valence-electron chi connectivity index (χ0n) is 10.8. The van der Waals surface area contributed by atoms with Crippen molar-refractivity contribution in [2.75, 3.05) is 6.54 Å². The first-order valence-electron chi connectivity index (χ1n) is 5.97. The van der Waals surface area contributed by atoms with E-state index in [2.05, 4.69) is 10.5 Å². The molecule has 0 aliphatic heterocycles. The maximum atomic E-state index is 11.9. The van der Waals surface area contributed by atoms with E-state index in [0.717, 1.165) is 0 Å². The van der Waals surface area contributed by atoms with Crippen molar-refractivity contribution in [3.05, 3.63) is 17.0 Å². The van der Waals surface area contributed by atoms with Crippen LogP contribution in [0.15, 0.2) is 4.52 Å². The predicted molar refractivity (Wildman–Crippen MR) is 64.4 cm³/mol. The second kappa shape index (κ2) is 6.18. The fourth-order valence-corrected chi connectivity index (χ4v) is 1.66. The van der Waals surface area contributed by atoms with Crippen molar-refractivity contribution >= 4 is 11.9 Å². The van der Waals surface area contributed by atoms with Gasteiger partial charge >= 0.3 is 5.97 Å². The van der Waals surface area contributed by atoms with Crippen molar-refractivity contribution in [1.29, 1.82) is 0 Å². The third-order valence-corrected chi connectivity index (χ3v) is 2.85. The number of carbonyl (C=O) groups excluding carboxylic acids is 1. The number of nitrogens with zero attached hydrogens (tertiary/aromatic N) is 1. The van der Waals surface area contributed by atoms with Gasteiger partial charge in [0.2, 0.25) is 0 Å². The molecule has 0 bridgehead atoms. The maximum absolute atomic E-state index is 11.9. The molecule has 1 amide bonds. The van der Waals surface area contributed by atoms with Crippen LogP contribution >= 0.6 is 0 Å². The Morgan fingerprint density at radius 1 is 1.44 bits per heavy atom. The van der Waals surface area contributed by atoms with Crippen LogP contribution in [-0.2, 0) is 11.2 Å². The van der Waals surface area contributed by atoms with Gasteiger partial charge in [0.05, 0.1) is 11.6 Å². The van der Waals surface area contributed by atoms with Crippen LogP contribution in [0.5, 0.6) is 0 Å². The minimum atomic E-state index is -0.907. The van der Waals surface area contributed by atoms with E-state index in [1.54, 1.807) is 13.8 Å². The Bertz CT molecular complexity index is 439. The van der Waals surface area contributed by atoms with Crippen LogP contribution in [-0.4, -0.2) is 28.7 Å². The standard InChI is InChI=1S/C12H18N2O4/c1-4-8(12(16)17)6-13-11(15)10-7(3)18-14-9(10)5-2/h8H,4-6H2,1-3H3,(H,13,15)(H,16,17). The van der Waals surface area contributed by atoms with E-state index in [4.69, 9.17) is 9.63 Å². The summed E-state index contributed by atoms with van der Waals surface area (Å²) in [5.41, 5.74) is 1.01. The molecule has 0 fully saturated rings. The number of hydrogen-bond donors (Lipinski definition) is 2. The lowest BCUT2D eigenvalue weighted by Gasteiger charge is -2.10. The van der Waals surface area contributed by atoms with Gasteiger partial charge in [-0.3, -0.25) is 9.59 Å². The fourth-order valence-electron chi connectivity index (χ4n) is 1.66. The molecule has 1 heterocycles. The van der Waals surface area contributed by atoms with Crippen LogP contribution in [0.3, 0.4) is 0 Å². The first-order chi connectivity index (χ1) is 8.51. The van der Waals surface area contributed by atoms with Gasteiger partial charge in [-0.2, -0.15) is 0 Å². The second-order valence-electron chi connectivity index (χ2n) is 4.07. The summed E-state index contributed by atoms with van der Waals surface area (Å²) in [7, 11) is 0. The summed E-state index contributed by atoms with van der Waals surface area (Å²) in [4.78, 5) is 22.8. The summed E-state index contributed by atoms with van der Waals surface area (Å²) in [5.74, 6) is -1.35. The topological polar surface area (TPSA) is 92.4 Å². The van der Waals surface area contributed by atoms with Crippen LogP contribution in [0.25, 0.3) is 0 Å². The highest BCUT2D eigenvalue weighted by atomic mass is 16.5. The smallest absolute Gasteiger partial charge is 0.308 e. The van der Waals surface area contributed by atoms with E-state index in [9.17, 15) is 9.59 Å². The fraction of sp³-hybridized carbons (Fsp3) is 0.583. The van der Waals surface area contributed by atoms with Crippen molar-refractivity contribution in [2.24, 2.45) is 5.92 Å². The van der Waals surface area contributed by atoms with E-state index in [-0.39, 0.29) is 12.5 Å². The number of aromatic nitrogens is 1. The highest BCUT2D eigenvalue weighted by Gasteiger charge is 2.21. The lowest BCUT2D eigenvalue weighted by atomic mass is 10.1. The Labute approximate surface area is 105 Å². The average Bonchev–Trinajstić information content (AvgIpc) is 2.70. The Morgan fingerprint density at radius 3 is 2.61 bits per heavy atom. The third kappa shape index (κ3) is 3.09. The molecule has 1 aromatic heterocycles. The van der Waals surface area contributed by atoms with Gasteiger partial charge in [-0.05, 0) is 19.8 Å². The molecule has 6 nitrogen and oxygen atoms in total. The van der Waals surface area contributed by atoms with E-state index in [0.29, 0.717) is 29.9 Å². The molecule has 6 heteroatoms. The molecular formula is C12H18N2O4. The first-order valence-corrected chi connectivity index (χ1v) is 5.97. The number of hydrogen-bond acceptors (Lipinski definition) is 4. The molecule has 0 spiro atoms. The summed E-state index contributed by atoms with van der Waals surface area (Å²) in [6.45, 7) is 5.42. The van der Waals surface area contributed by atoms with Gasteiger partial charge in [-0.1, -0.05) is 19.0 Å². The molecule has 0 aliphatic carbocycles. The number of carbonyl (C=O) groups is 2. The van der Waals surface area contributed by atoms with Gasteiger partial charge in [0, 0.05) is 6.54 Å². The van der Waals surface area contributed by atoms with E-state index in [1.165, 1.54) is 0 Å². The molecule has 18 heavy (non-hydrogen) atoms. The number of aryl methyl sites for hydroxylation is 2. The zero-order chi connectivity index (χ0) is 13.7. The minimum absolute atomic E-state index is 0.110. The molecule has 0 radical (unpaired) electrons. The van der Waals surface area contributed by atoms with Crippen molar-refractivity contribution in [3.8, 4) is 0 Å². The van der Waals surface area contributed by atoms with Gasteiger partial charge < -0.3 is 14.9 Å². The normalized spacial score (nSPS) is 12.2. The molecule has 1 atom stereocenters. The van der Waals surface area contributed by atoms with Crippen molar-refractivity contribution in [2.45, 2.75) is 33.6 Å². The summed E-state index contributed by atoms with van der Waals surface area (Å²) in [6.07, 6.45) is 1.06. The molecular weight excluding hydrogens is 236 g/mol. The van der Waals surface area contributed by atoms with Crippen LogP contribution in [0.1, 0.15) is 42.1 Å². The number of rotatable bonds is 6. The van der Waals surface area contributed by atoms with Gasteiger partial charge in [-0.25, -0.2) is 0 Å². The lowest BCUT2D eigenvalue weighted by molar-refractivity contribution is -0.141.